The number of unbranched alkanes of at least 4 members (excludes halogenated alkanes) is 1. The fourth-order valence-electron chi connectivity index (χ4n) is 2.83. The predicted molar refractivity (Wildman–Crippen MR) is 113 cm³/mol. The fourth-order valence-corrected chi connectivity index (χ4v) is 3.60. The molecule has 0 spiro atoms. The largest absolute Gasteiger partial charge is 0.497 e. The molecule has 28 heavy (non-hydrogen) atoms. The third-order valence-corrected chi connectivity index (χ3v) is 5.20. The van der Waals surface area contributed by atoms with Crippen molar-refractivity contribution in [2.24, 2.45) is 0 Å². The SMILES string of the molecule is CCCCOc1ccc(-c2cc(-c3cc(OC)cc(OC)c3OC)sn2)cc1. The number of nitrogens with zero attached hydrogens (tertiary/aromatic N) is 1. The summed E-state index contributed by atoms with van der Waals surface area (Å²) in [7, 11) is 4.88. The van der Waals surface area contributed by atoms with Gasteiger partial charge >= 0.3 is 0 Å². The summed E-state index contributed by atoms with van der Waals surface area (Å²) in [5, 5.41) is 0. The fraction of sp³-hybridized carbons (Fsp3) is 0.318. The van der Waals surface area contributed by atoms with Gasteiger partial charge in [0.05, 0.1) is 38.5 Å². The van der Waals surface area contributed by atoms with E-state index in [1.807, 2.05) is 42.5 Å². The molecule has 0 saturated heterocycles. The van der Waals surface area contributed by atoms with Crippen molar-refractivity contribution in [2.75, 3.05) is 27.9 Å². The van der Waals surface area contributed by atoms with Crippen molar-refractivity contribution >= 4 is 11.5 Å². The van der Waals surface area contributed by atoms with E-state index in [9.17, 15) is 0 Å². The number of methoxy groups -OCH3 is 3. The smallest absolute Gasteiger partial charge is 0.169 e. The molecule has 0 fully saturated rings. The van der Waals surface area contributed by atoms with Crippen LogP contribution < -0.4 is 18.9 Å². The van der Waals surface area contributed by atoms with Gasteiger partial charge in [-0.15, -0.1) is 0 Å². The lowest BCUT2D eigenvalue weighted by Gasteiger charge is -2.13. The Bertz CT molecular complexity index is 905. The summed E-state index contributed by atoms with van der Waals surface area (Å²) in [5.74, 6) is 2.88. The third kappa shape index (κ3) is 4.39. The zero-order valence-corrected chi connectivity index (χ0v) is 17.5. The summed E-state index contributed by atoms with van der Waals surface area (Å²) < 4.78 is 26.8. The molecule has 148 valence electrons. The number of ether oxygens (including phenoxy) is 4. The molecule has 5 nitrogen and oxygen atoms in total. The second kappa shape index (κ2) is 9.46. The molecule has 3 aromatic rings. The first-order chi connectivity index (χ1) is 13.7. The van der Waals surface area contributed by atoms with E-state index in [2.05, 4.69) is 11.3 Å². The maximum absolute atomic E-state index is 5.73. The normalized spacial score (nSPS) is 10.6. The Morgan fingerprint density at radius 3 is 2.32 bits per heavy atom. The van der Waals surface area contributed by atoms with Gasteiger partial charge in [0.1, 0.15) is 11.5 Å². The van der Waals surface area contributed by atoms with Crippen LogP contribution >= 0.6 is 11.5 Å². The lowest BCUT2D eigenvalue weighted by Crippen LogP contribution is -1.95. The molecule has 2 aromatic carbocycles. The van der Waals surface area contributed by atoms with E-state index in [1.54, 1.807) is 21.3 Å². The lowest BCUT2D eigenvalue weighted by molar-refractivity contribution is 0.309. The van der Waals surface area contributed by atoms with Crippen LogP contribution in [0.1, 0.15) is 19.8 Å². The number of rotatable bonds is 9. The average molecular weight is 400 g/mol. The summed E-state index contributed by atoms with van der Waals surface area (Å²) >= 11 is 1.41. The first kappa shape index (κ1) is 20.0. The zero-order valence-electron chi connectivity index (χ0n) is 16.7. The third-order valence-electron chi connectivity index (χ3n) is 4.38. The van der Waals surface area contributed by atoms with Crippen LogP contribution in [0.15, 0.2) is 42.5 Å². The summed E-state index contributed by atoms with van der Waals surface area (Å²) in [4.78, 5) is 0.979. The van der Waals surface area contributed by atoms with Gasteiger partial charge in [0.15, 0.2) is 11.5 Å². The Balaban J connectivity index is 1.88. The molecule has 0 radical (unpaired) electrons. The highest BCUT2D eigenvalue weighted by atomic mass is 32.1. The Labute approximate surface area is 170 Å². The first-order valence-corrected chi connectivity index (χ1v) is 9.97. The second-order valence-corrected chi connectivity index (χ2v) is 7.02. The van der Waals surface area contributed by atoms with E-state index < -0.39 is 0 Å². The molecule has 0 amide bonds. The van der Waals surface area contributed by atoms with E-state index in [1.165, 1.54) is 11.5 Å². The van der Waals surface area contributed by atoms with Gasteiger partial charge in [-0.25, -0.2) is 0 Å². The van der Waals surface area contributed by atoms with Crippen LogP contribution in [0.25, 0.3) is 21.7 Å². The molecular weight excluding hydrogens is 374 g/mol. The number of aromatic nitrogens is 1. The molecule has 3 rings (SSSR count). The van der Waals surface area contributed by atoms with Crippen LogP contribution in [0, 0.1) is 0 Å². The molecule has 0 bridgehead atoms. The molecule has 0 atom stereocenters. The van der Waals surface area contributed by atoms with Gasteiger partial charge in [-0.1, -0.05) is 13.3 Å². The topological polar surface area (TPSA) is 49.8 Å². The summed E-state index contributed by atoms with van der Waals surface area (Å²) in [6.45, 7) is 2.90. The van der Waals surface area contributed by atoms with Crippen LogP contribution in [-0.2, 0) is 0 Å². The van der Waals surface area contributed by atoms with Crippen LogP contribution in [0.2, 0.25) is 0 Å². The van der Waals surface area contributed by atoms with E-state index >= 15 is 0 Å². The van der Waals surface area contributed by atoms with Crippen LogP contribution in [0.4, 0.5) is 0 Å². The molecule has 0 aliphatic carbocycles. The summed E-state index contributed by atoms with van der Waals surface area (Å²) in [6.07, 6.45) is 2.18. The Morgan fingerprint density at radius 2 is 1.68 bits per heavy atom. The van der Waals surface area contributed by atoms with Crippen molar-refractivity contribution in [3.8, 4) is 44.7 Å². The minimum Gasteiger partial charge on any atom is -0.497 e. The minimum atomic E-state index is 0.625. The lowest BCUT2D eigenvalue weighted by atomic mass is 10.1. The van der Waals surface area contributed by atoms with Crippen molar-refractivity contribution < 1.29 is 18.9 Å². The van der Waals surface area contributed by atoms with Crippen molar-refractivity contribution in [1.82, 2.24) is 4.37 Å². The maximum Gasteiger partial charge on any atom is 0.169 e. The number of hydrogen-bond donors (Lipinski definition) is 0. The van der Waals surface area contributed by atoms with Crippen molar-refractivity contribution in [2.45, 2.75) is 19.8 Å². The molecule has 0 saturated carbocycles. The molecule has 0 aliphatic rings. The van der Waals surface area contributed by atoms with Gasteiger partial charge < -0.3 is 18.9 Å². The highest BCUT2D eigenvalue weighted by Gasteiger charge is 2.17. The monoisotopic (exact) mass is 399 g/mol. The van der Waals surface area contributed by atoms with Gasteiger partial charge in [-0.3, -0.25) is 0 Å². The van der Waals surface area contributed by atoms with E-state index in [0.29, 0.717) is 17.2 Å². The van der Waals surface area contributed by atoms with E-state index in [4.69, 9.17) is 18.9 Å². The molecule has 0 unspecified atom stereocenters. The molecule has 0 N–H and O–H groups in total. The van der Waals surface area contributed by atoms with Crippen molar-refractivity contribution in [3.05, 3.63) is 42.5 Å². The standard InChI is InChI=1S/C22H25NO4S/c1-5-6-11-27-16-9-7-15(8-10-16)19-14-21(28-23-19)18-12-17(24-2)13-20(25-3)22(18)26-4/h7-10,12-14H,5-6,11H2,1-4H3. The van der Waals surface area contributed by atoms with Crippen LogP contribution in [0.5, 0.6) is 23.0 Å². The molecule has 1 aromatic heterocycles. The molecule has 1 heterocycles. The highest BCUT2D eigenvalue weighted by Crippen LogP contribution is 2.43. The van der Waals surface area contributed by atoms with Crippen LogP contribution in [0.3, 0.4) is 0 Å². The molecular formula is C22H25NO4S. The highest BCUT2D eigenvalue weighted by molar-refractivity contribution is 7.09. The first-order valence-electron chi connectivity index (χ1n) is 9.20. The average Bonchev–Trinajstić information content (AvgIpc) is 3.23. The minimum absolute atomic E-state index is 0.625. The molecule has 6 heteroatoms. The number of hydrogen-bond acceptors (Lipinski definition) is 6. The summed E-state index contributed by atoms with van der Waals surface area (Å²) in [6, 6.07) is 13.8. The van der Waals surface area contributed by atoms with Crippen LogP contribution in [-0.4, -0.2) is 32.3 Å². The Hall–Kier alpha value is -2.73. The van der Waals surface area contributed by atoms with Crippen molar-refractivity contribution in [3.63, 3.8) is 0 Å². The Kier molecular flexibility index (Phi) is 6.76. The van der Waals surface area contributed by atoms with Gasteiger partial charge in [-0.2, -0.15) is 4.37 Å². The van der Waals surface area contributed by atoms with E-state index in [-0.39, 0.29) is 0 Å². The van der Waals surface area contributed by atoms with Gasteiger partial charge in [-0.05, 0) is 54.4 Å². The Morgan fingerprint density at radius 1 is 0.893 bits per heavy atom. The second-order valence-electron chi connectivity index (χ2n) is 6.21. The van der Waals surface area contributed by atoms with E-state index in [0.717, 1.165) is 46.9 Å². The summed E-state index contributed by atoms with van der Waals surface area (Å²) in [5.41, 5.74) is 2.84. The van der Waals surface area contributed by atoms with Gasteiger partial charge in [0.2, 0.25) is 0 Å². The number of benzene rings is 2. The van der Waals surface area contributed by atoms with Gasteiger partial charge in [0.25, 0.3) is 0 Å². The van der Waals surface area contributed by atoms with Gasteiger partial charge in [0, 0.05) is 17.2 Å². The zero-order chi connectivity index (χ0) is 19.9. The van der Waals surface area contributed by atoms with Crippen molar-refractivity contribution in [1.29, 1.82) is 0 Å². The maximum atomic E-state index is 5.73. The quantitative estimate of drug-likeness (QED) is 0.433. The molecule has 0 aliphatic heterocycles. The predicted octanol–water partition coefficient (Wildman–Crippen LogP) is 5.68.